The Hall–Kier alpha value is -3.95. The second-order valence-electron chi connectivity index (χ2n) is 8.98. The van der Waals surface area contributed by atoms with E-state index in [0.29, 0.717) is 17.7 Å². The first-order valence-electron chi connectivity index (χ1n) is 11.4. The number of hydrogen-bond acceptors (Lipinski definition) is 4. The summed E-state index contributed by atoms with van der Waals surface area (Å²) < 4.78 is 31.7. The lowest BCUT2D eigenvalue weighted by molar-refractivity contribution is -0.192. The number of carboxylic acid groups (broad SMARTS) is 2. The predicted molar refractivity (Wildman–Crippen MR) is 125 cm³/mol. The number of hydrogen-bond donors (Lipinski definition) is 2. The van der Waals surface area contributed by atoms with Crippen LogP contribution in [0.4, 0.5) is 18.9 Å². The minimum atomic E-state index is -5.08. The number of aromatic nitrogens is 1. The maximum atomic E-state index is 13.5. The third-order valence-corrected chi connectivity index (χ3v) is 6.71. The van der Waals surface area contributed by atoms with Crippen molar-refractivity contribution in [3.05, 3.63) is 71.4 Å². The van der Waals surface area contributed by atoms with Gasteiger partial charge in [-0.2, -0.15) is 13.2 Å². The molecule has 0 saturated heterocycles. The molecule has 0 radical (unpaired) electrons. The van der Waals surface area contributed by atoms with E-state index >= 15 is 0 Å². The van der Waals surface area contributed by atoms with Crippen LogP contribution in [0.25, 0.3) is 10.9 Å². The summed E-state index contributed by atoms with van der Waals surface area (Å²) in [4.78, 5) is 40.1. The first-order chi connectivity index (χ1) is 17.0. The van der Waals surface area contributed by atoms with E-state index in [-0.39, 0.29) is 11.3 Å². The Balaban J connectivity index is 0.000000384. The van der Waals surface area contributed by atoms with Gasteiger partial charge >= 0.3 is 18.1 Å². The van der Waals surface area contributed by atoms with Gasteiger partial charge < -0.3 is 15.1 Å². The molecule has 36 heavy (non-hydrogen) atoms. The molecule has 188 valence electrons. The number of anilines is 1. The second kappa shape index (κ2) is 9.60. The van der Waals surface area contributed by atoms with Gasteiger partial charge in [0.2, 0.25) is 0 Å². The zero-order valence-corrected chi connectivity index (χ0v) is 19.1. The van der Waals surface area contributed by atoms with Crippen LogP contribution < -0.4 is 4.90 Å². The number of carbonyl (C=O) groups excluding carboxylic acids is 1. The summed E-state index contributed by atoms with van der Waals surface area (Å²) in [5.74, 6) is -3.72. The van der Waals surface area contributed by atoms with Gasteiger partial charge in [0.15, 0.2) is 0 Å². The number of fused-ring (bicyclic) bond motifs is 3. The molecule has 0 unspecified atom stereocenters. The van der Waals surface area contributed by atoms with Crippen molar-refractivity contribution in [1.29, 1.82) is 0 Å². The molecular weight excluding hydrogens is 477 g/mol. The van der Waals surface area contributed by atoms with Crippen molar-refractivity contribution >= 4 is 34.4 Å². The Kier molecular flexibility index (Phi) is 6.71. The highest BCUT2D eigenvalue weighted by atomic mass is 19.4. The van der Waals surface area contributed by atoms with Crippen molar-refractivity contribution in [3.8, 4) is 0 Å². The van der Waals surface area contributed by atoms with Crippen molar-refractivity contribution in [2.24, 2.45) is 0 Å². The normalized spacial score (nSPS) is 16.2. The van der Waals surface area contributed by atoms with Crippen LogP contribution >= 0.6 is 0 Å². The van der Waals surface area contributed by atoms with Gasteiger partial charge in [-0.1, -0.05) is 25.3 Å². The second-order valence-corrected chi connectivity index (χ2v) is 8.98. The number of aromatic carboxylic acids is 1. The largest absolute Gasteiger partial charge is 0.490 e. The first-order valence-corrected chi connectivity index (χ1v) is 11.4. The molecule has 1 fully saturated rings. The standard InChI is InChI=1S/C24H22N2O3.C2HF3O2/c27-22(17-6-8-20-16(13-17)5-4-12-25-20)26-15-24(10-2-1-3-11-24)19-14-18(23(28)29)7-9-21(19)26;3-2(4,5)1(6)7/h4-9,12-14H,1-3,10-11,15H2,(H,28,29);(H,6,7). The van der Waals surface area contributed by atoms with E-state index in [1.807, 2.05) is 41.3 Å². The number of halogens is 3. The van der Waals surface area contributed by atoms with Crippen LogP contribution in [0, 0.1) is 0 Å². The number of alkyl halides is 3. The Morgan fingerprint density at radius 3 is 2.22 bits per heavy atom. The fourth-order valence-corrected chi connectivity index (χ4v) is 5.00. The molecule has 1 aromatic heterocycles. The van der Waals surface area contributed by atoms with Crippen LogP contribution in [0.5, 0.6) is 0 Å². The number of aliphatic carboxylic acids is 1. The molecule has 2 N–H and O–H groups in total. The summed E-state index contributed by atoms with van der Waals surface area (Å²) in [6.45, 7) is 0.620. The van der Waals surface area contributed by atoms with Crippen LogP contribution in [-0.2, 0) is 10.2 Å². The SMILES string of the molecule is O=C(O)C(F)(F)F.O=C(O)c1ccc2c(c1)C1(CCCCC1)CN2C(=O)c1ccc2ncccc2c1. The van der Waals surface area contributed by atoms with Crippen molar-refractivity contribution in [1.82, 2.24) is 4.98 Å². The zero-order valence-electron chi connectivity index (χ0n) is 19.1. The lowest BCUT2D eigenvalue weighted by Crippen LogP contribution is -2.38. The van der Waals surface area contributed by atoms with Crippen LogP contribution in [0.1, 0.15) is 58.4 Å². The third-order valence-electron chi connectivity index (χ3n) is 6.71. The van der Waals surface area contributed by atoms with Crippen molar-refractivity contribution in [2.75, 3.05) is 11.4 Å². The number of amides is 1. The lowest BCUT2D eigenvalue weighted by Gasteiger charge is -2.34. The average molecular weight is 500 g/mol. The predicted octanol–water partition coefficient (Wildman–Crippen LogP) is 5.43. The van der Waals surface area contributed by atoms with Crippen LogP contribution in [0.15, 0.2) is 54.7 Å². The highest BCUT2D eigenvalue weighted by Crippen LogP contribution is 2.50. The zero-order chi connectivity index (χ0) is 26.1. The molecule has 2 aliphatic rings. The molecule has 0 bridgehead atoms. The first kappa shape index (κ1) is 25.2. The van der Waals surface area contributed by atoms with E-state index in [2.05, 4.69) is 4.98 Å². The Labute approximate surface area is 204 Å². The fourth-order valence-electron chi connectivity index (χ4n) is 5.00. The van der Waals surface area contributed by atoms with Crippen molar-refractivity contribution in [3.63, 3.8) is 0 Å². The van der Waals surface area contributed by atoms with Gasteiger partial charge in [0.25, 0.3) is 5.91 Å². The maximum absolute atomic E-state index is 13.5. The van der Waals surface area contributed by atoms with Gasteiger partial charge in [0.1, 0.15) is 0 Å². The molecule has 2 heterocycles. The van der Waals surface area contributed by atoms with Gasteiger partial charge in [-0.25, -0.2) is 9.59 Å². The molecule has 1 aliphatic carbocycles. The molecule has 10 heteroatoms. The molecule has 3 aromatic rings. The third kappa shape index (κ3) is 4.89. The monoisotopic (exact) mass is 500 g/mol. The number of carbonyl (C=O) groups is 3. The summed E-state index contributed by atoms with van der Waals surface area (Å²) in [7, 11) is 0. The number of nitrogens with zero attached hydrogens (tertiary/aromatic N) is 2. The number of carboxylic acids is 2. The van der Waals surface area contributed by atoms with Crippen molar-refractivity contribution in [2.45, 2.75) is 43.7 Å². The Morgan fingerprint density at radius 2 is 1.58 bits per heavy atom. The van der Waals surface area contributed by atoms with Gasteiger partial charge in [0, 0.05) is 34.8 Å². The van der Waals surface area contributed by atoms with E-state index in [0.717, 1.165) is 47.8 Å². The van der Waals surface area contributed by atoms with E-state index < -0.39 is 18.1 Å². The van der Waals surface area contributed by atoms with Gasteiger partial charge in [-0.3, -0.25) is 9.78 Å². The molecule has 1 amide bonds. The highest BCUT2D eigenvalue weighted by molar-refractivity contribution is 6.09. The highest BCUT2D eigenvalue weighted by Gasteiger charge is 2.45. The number of benzene rings is 2. The number of pyridine rings is 1. The van der Waals surface area contributed by atoms with Crippen LogP contribution in [0.3, 0.4) is 0 Å². The van der Waals surface area contributed by atoms with E-state index in [1.165, 1.54) is 6.42 Å². The summed E-state index contributed by atoms with van der Waals surface area (Å²) >= 11 is 0. The van der Waals surface area contributed by atoms with Gasteiger partial charge in [-0.15, -0.1) is 0 Å². The summed E-state index contributed by atoms with van der Waals surface area (Å²) in [6, 6.07) is 14.6. The smallest absolute Gasteiger partial charge is 0.478 e. The average Bonchev–Trinajstić information content (AvgIpc) is 3.16. The van der Waals surface area contributed by atoms with E-state index in [1.54, 1.807) is 18.3 Å². The van der Waals surface area contributed by atoms with Gasteiger partial charge in [0.05, 0.1) is 11.1 Å². The Morgan fingerprint density at radius 1 is 0.917 bits per heavy atom. The minimum absolute atomic E-state index is 0.0393. The van der Waals surface area contributed by atoms with Crippen LogP contribution in [0.2, 0.25) is 0 Å². The molecule has 7 nitrogen and oxygen atoms in total. The summed E-state index contributed by atoms with van der Waals surface area (Å²) in [6.07, 6.45) is 2.07. The molecule has 2 aromatic carbocycles. The molecule has 0 atom stereocenters. The van der Waals surface area contributed by atoms with E-state index in [4.69, 9.17) is 9.90 Å². The molecule has 1 spiro atoms. The number of rotatable bonds is 2. The summed E-state index contributed by atoms with van der Waals surface area (Å²) in [5.41, 5.74) is 3.53. The van der Waals surface area contributed by atoms with Gasteiger partial charge in [-0.05, 0) is 60.9 Å². The molecule has 1 aliphatic heterocycles. The molecular formula is C26H23F3N2O5. The molecule has 1 saturated carbocycles. The quantitative estimate of drug-likeness (QED) is 0.486. The maximum Gasteiger partial charge on any atom is 0.490 e. The topological polar surface area (TPSA) is 108 Å². The lowest BCUT2D eigenvalue weighted by atomic mass is 9.70. The van der Waals surface area contributed by atoms with Crippen molar-refractivity contribution < 1.29 is 37.8 Å². The van der Waals surface area contributed by atoms with Crippen LogP contribution in [-0.4, -0.2) is 45.8 Å². The summed E-state index contributed by atoms with van der Waals surface area (Å²) in [5, 5.41) is 17.5. The molecule has 5 rings (SSSR count). The Bertz CT molecular complexity index is 1330. The van der Waals surface area contributed by atoms with E-state index in [9.17, 15) is 27.9 Å². The minimum Gasteiger partial charge on any atom is -0.478 e. The fraction of sp³-hybridized carbons (Fsp3) is 0.308.